The highest BCUT2D eigenvalue weighted by molar-refractivity contribution is 5.44. The number of aromatic nitrogens is 4. The molecule has 1 aliphatic carbocycles. The Balaban J connectivity index is 1.37. The summed E-state index contributed by atoms with van der Waals surface area (Å²) in [6.07, 6.45) is 2.24. The molecule has 4 rings (SSSR count). The van der Waals surface area contributed by atoms with Gasteiger partial charge in [-0.05, 0) is 37.1 Å². The van der Waals surface area contributed by atoms with Crippen LogP contribution in [0.1, 0.15) is 24.6 Å². The van der Waals surface area contributed by atoms with E-state index >= 15 is 0 Å². The number of nitrogens with zero attached hydrogens (tertiary/aromatic N) is 4. The molecule has 24 heavy (non-hydrogen) atoms. The molecule has 1 N–H and O–H groups in total. The second-order valence-electron chi connectivity index (χ2n) is 5.67. The van der Waals surface area contributed by atoms with Gasteiger partial charge in [0.2, 0.25) is 0 Å². The van der Waals surface area contributed by atoms with Crippen molar-refractivity contribution < 1.29 is 13.5 Å². The molecule has 2 heterocycles. The molecule has 1 aromatic carbocycles. The number of nitrogens with one attached hydrogen (secondary N) is 1. The number of rotatable bonds is 6. The van der Waals surface area contributed by atoms with Crippen LogP contribution < -0.4 is 10.1 Å². The summed E-state index contributed by atoms with van der Waals surface area (Å²) in [4.78, 5) is 0. The molecule has 3 aromatic rings. The standard InChI is InChI=1S/C16H15F2N5O/c17-11-3-4-13(12(18)9-11)24-8-7-19-14-5-6-15-20-21-16(10-1-2-10)23(15)22-14/h3-6,9-10H,1-2,7-8H2,(H,19,22). The summed E-state index contributed by atoms with van der Waals surface area (Å²) >= 11 is 0. The fraction of sp³-hybridized carbons (Fsp3) is 0.312. The first-order valence-corrected chi connectivity index (χ1v) is 7.75. The molecule has 0 spiro atoms. The van der Waals surface area contributed by atoms with E-state index in [2.05, 4.69) is 20.6 Å². The molecule has 1 saturated carbocycles. The lowest BCUT2D eigenvalue weighted by molar-refractivity contribution is 0.314. The second kappa shape index (κ2) is 6.03. The third kappa shape index (κ3) is 2.99. The van der Waals surface area contributed by atoms with E-state index in [4.69, 9.17) is 4.74 Å². The van der Waals surface area contributed by atoms with Crippen LogP contribution in [0.4, 0.5) is 14.6 Å². The summed E-state index contributed by atoms with van der Waals surface area (Å²) in [6.45, 7) is 0.649. The van der Waals surface area contributed by atoms with Gasteiger partial charge < -0.3 is 10.1 Å². The van der Waals surface area contributed by atoms with Crippen molar-refractivity contribution in [3.05, 3.63) is 47.8 Å². The third-order valence-electron chi connectivity index (χ3n) is 3.79. The quantitative estimate of drug-likeness (QED) is 0.704. The van der Waals surface area contributed by atoms with Crippen molar-refractivity contribution in [1.29, 1.82) is 0 Å². The normalized spacial score (nSPS) is 14.1. The first-order valence-electron chi connectivity index (χ1n) is 7.75. The number of halogens is 2. The Morgan fingerprint density at radius 3 is 2.83 bits per heavy atom. The molecule has 0 amide bonds. The topological polar surface area (TPSA) is 64.3 Å². The van der Waals surface area contributed by atoms with Crippen LogP contribution in [0.15, 0.2) is 30.3 Å². The summed E-state index contributed by atoms with van der Waals surface area (Å²) in [6, 6.07) is 6.87. The third-order valence-corrected chi connectivity index (χ3v) is 3.79. The van der Waals surface area contributed by atoms with Gasteiger partial charge >= 0.3 is 0 Å². The highest BCUT2D eigenvalue weighted by Crippen LogP contribution is 2.38. The number of anilines is 1. The van der Waals surface area contributed by atoms with E-state index in [0.29, 0.717) is 23.9 Å². The molecule has 1 aliphatic rings. The second-order valence-corrected chi connectivity index (χ2v) is 5.67. The van der Waals surface area contributed by atoms with E-state index < -0.39 is 11.6 Å². The van der Waals surface area contributed by atoms with E-state index in [0.717, 1.165) is 30.8 Å². The van der Waals surface area contributed by atoms with Gasteiger partial charge in [-0.1, -0.05) is 0 Å². The Morgan fingerprint density at radius 2 is 2.04 bits per heavy atom. The molecule has 0 bridgehead atoms. The van der Waals surface area contributed by atoms with E-state index in [1.54, 1.807) is 10.6 Å². The van der Waals surface area contributed by atoms with Gasteiger partial charge in [-0.2, -0.15) is 4.52 Å². The Kier molecular flexibility index (Phi) is 3.72. The largest absolute Gasteiger partial charge is 0.489 e. The van der Waals surface area contributed by atoms with Crippen molar-refractivity contribution in [2.24, 2.45) is 0 Å². The van der Waals surface area contributed by atoms with E-state index in [-0.39, 0.29) is 12.4 Å². The van der Waals surface area contributed by atoms with Gasteiger partial charge in [0.25, 0.3) is 0 Å². The zero-order chi connectivity index (χ0) is 16.5. The highest BCUT2D eigenvalue weighted by Gasteiger charge is 2.29. The van der Waals surface area contributed by atoms with Crippen LogP contribution in [-0.2, 0) is 0 Å². The van der Waals surface area contributed by atoms with Crippen LogP contribution in [0.2, 0.25) is 0 Å². The van der Waals surface area contributed by atoms with Gasteiger partial charge in [-0.15, -0.1) is 15.3 Å². The summed E-state index contributed by atoms with van der Waals surface area (Å²) in [5, 5.41) is 15.9. The maximum Gasteiger partial charge on any atom is 0.178 e. The van der Waals surface area contributed by atoms with E-state index in [1.165, 1.54) is 6.07 Å². The maximum atomic E-state index is 13.5. The molecule has 0 aliphatic heterocycles. The first-order chi connectivity index (χ1) is 11.7. The van der Waals surface area contributed by atoms with Crippen molar-refractivity contribution in [2.45, 2.75) is 18.8 Å². The van der Waals surface area contributed by atoms with Gasteiger partial charge in [0, 0.05) is 12.0 Å². The SMILES string of the molecule is Fc1ccc(OCCNc2ccc3nnc(C4CC4)n3n2)c(F)c1. The van der Waals surface area contributed by atoms with Crippen LogP contribution in [-0.4, -0.2) is 33.0 Å². The summed E-state index contributed by atoms with van der Waals surface area (Å²) < 4.78 is 33.3. The van der Waals surface area contributed by atoms with Crippen LogP contribution in [0.3, 0.4) is 0 Å². The molecule has 124 valence electrons. The smallest absolute Gasteiger partial charge is 0.178 e. The lowest BCUT2D eigenvalue weighted by Gasteiger charge is -2.09. The predicted molar refractivity (Wildman–Crippen MR) is 83.1 cm³/mol. The summed E-state index contributed by atoms with van der Waals surface area (Å²) in [5.41, 5.74) is 0.715. The maximum absolute atomic E-state index is 13.5. The van der Waals surface area contributed by atoms with Crippen molar-refractivity contribution in [3.8, 4) is 5.75 Å². The fourth-order valence-electron chi connectivity index (χ4n) is 2.43. The minimum Gasteiger partial charge on any atom is -0.489 e. The van der Waals surface area contributed by atoms with Crippen LogP contribution in [0.25, 0.3) is 5.65 Å². The fourth-order valence-corrected chi connectivity index (χ4v) is 2.43. The molecule has 8 heteroatoms. The highest BCUT2D eigenvalue weighted by atomic mass is 19.1. The molecule has 0 unspecified atom stereocenters. The van der Waals surface area contributed by atoms with Crippen LogP contribution in [0.5, 0.6) is 5.75 Å². The Labute approximate surface area is 136 Å². The predicted octanol–water partition coefficient (Wildman–Crippen LogP) is 2.77. The molecular formula is C16H15F2N5O. The van der Waals surface area contributed by atoms with E-state index in [1.807, 2.05) is 6.07 Å². The van der Waals surface area contributed by atoms with Gasteiger partial charge in [0.15, 0.2) is 23.0 Å². The molecule has 1 fully saturated rings. The summed E-state index contributed by atoms with van der Waals surface area (Å²) in [5.74, 6) is 0.679. The number of benzene rings is 1. The zero-order valence-electron chi connectivity index (χ0n) is 12.7. The Hall–Kier alpha value is -2.77. The van der Waals surface area contributed by atoms with Crippen LogP contribution >= 0.6 is 0 Å². The van der Waals surface area contributed by atoms with Crippen molar-refractivity contribution in [3.63, 3.8) is 0 Å². The van der Waals surface area contributed by atoms with Gasteiger partial charge in [-0.3, -0.25) is 0 Å². The van der Waals surface area contributed by atoms with Gasteiger partial charge in [0.05, 0.1) is 6.54 Å². The van der Waals surface area contributed by atoms with Crippen molar-refractivity contribution in [1.82, 2.24) is 19.8 Å². The number of fused-ring (bicyclic) bond motifs is 1. The number of hydrogen-bond donors (Lipinski definition) is 1. The van der Waals surface area contributed by atoms with Gasteiger partial charge in [0.1, 0.15) is 18.2 Å². The minimum absolute atomic E-state index is 0.0245. The zero-order valence-corrected chi connectivity index (χ0v) is 12.7. The molecule has 2 aromatic heterocycles. The monoisotopic (exact) mass is 331 g/mol. The van der Waals surface area contributed by atoms with E-state index in [9.17, 15) is 8.78 Å². The molecule has 6 nitrogen and oxygen atoms in total. The lowest BCUT2D eigenvalue weighted by atomic mass is 10.3. The van der Waals surface area contributed by atoms with Crippen LogP contribution in [0, 0.1) is 11.6 Å². The van der Waals surface area contributed by atoms with Crippen molar-refractivity contribution >= 4 is 11.5 Å². The lowest BCUT2D eigenvalue weighted by Crippen LogP contribution is -2.14. The summed E-state index contributed by atoms with van der Waals surface area (Å²) in [7, 11) is 0. The van der Waals surface area contributed by atoms with Gasteiger partial charge in [-0.25, -0.2) is 8.78 Å². The average Bonchev–Trinajstić information content (AvgIpc) is 3.33. The molecule has 0 radical (unpaired) electrons. The minimum atomic E-state index is -0.715. The molecule has 0 atom stereocenters. The number of hydrogen-bond acceptors (Lipinski definition) is 5. The molecular weight excluding hydrogens is 316 g/mol. The average molecular weight is 331 g/mol. The van der Waals surface area contributed by atoms with Crippen molar-refractivity contribution in [2.75, 3.05) is 18.5 Å². The Morgan fingerprint density at radius 1 is 1.17 bits per heavy atom. The number of ether oxygens (including phenoxy) is 1. The first kappa shape index (κ1) is 14.8. The Bertz CT molecular complexity index is 878. The molecule has 0 saturated heterocycles.